The minimum atomic E-state index is -3.49. The highest BCUT2D eigenvalue weighted by atomic mass is 32.2. The number of nitrogens with one attached hydrogen (secondary N) is 1. The molecule has 0 bridgehead atoms. The Labute approximate surface area is 153 Å². The average molecular weight is 374 g/mol. The molecule has 2 aromatic carbocycles. The Balaban J connectivity index is 1.46. The third-order valence-electron chi connectivity index (χ3n) is 4.44. The van der Waals surface area contributed by atoms with Gasteiger partial charge in [-0.25, -0.2) is 17.9 Å². The predicted molar refractivity (Wildman–Crippen MR) is 98.4 cm³/mol. The van der Waals surface area contributed by atoms with Crippen molar-refractivity contribution in [1.29, 1.82) is 0 Å². The zero-order valence-electron chi connectivity index (χ0n) is 14.4. The fourth-order valence-corrected chi connectivity index (χ4v) is 4.02. The minimum Gasteiger partial charge on any atom is -0.410 e. The maximum absolute atomic E-state index is 12.3. The number of nitrogens with zero attached hydrogens (tertiary/aromatic N) is 1. The highest BCUT2D eigenvalue weighted by Gasteiger charge is 2.25. The molecule has 3 rings (SSSR count). The molecule has 1 heterocycles. The van der Waals surface area contributed by atoms with Crippen LogP contribution in [0.3, 0.4) is 0 Å². The lowest BCUT2D eigenvalue weighted by Gasteiger charge is -2.31. The molecular formula is C19H22N2O4S. The van der Waals surface area contributed by atoms with Gasteiger partial charge >= 0.3 is 6.09 Å². The number of piperidine rings is 1. The van der Waals surface area contributed by atoms with Crippen molar-refractivity contribution in [1.82, 2.24) is 9.62 Å². The van der Waals surface area contributed by atoms with Crippen molar-refractivity contribution in [2.75, 3.05) is 19.6 Å². The molecule has 0 saturated carbocycles. The second-order valence-corrected chi connectivity index (χ2v) is 8.04. The summed E-state index contributed by atoms with van der Waals surface area (Å²) in [5, 5.41) is 0. The summed E-state index contributed by atoms with van der Waals surface area (Å²) in [5.74, 6) is 0.726. The zero-order chi connectivity index (χ0) is 18.4. The Morgan fingerprint density at radius 2 is 1.58 bits per heavy atom. The summed E-state index contributed by atoms with van der Waals surface area (Å²) < 4.78 is 32.5. The Morgan fingerprint density at radius 1 is 1.00 bits per heavy atom. The van der Waals surface area contributed by atoms with E-state index >= 15 is 0 Å². The van der Waals surface area contributed by atoms with Crippen molar-refractivity contribution in [3.05, 3.63) is 60.7 Å². The van der Waals surface area contributed by atoms with E-state index in [9.17, 15) is 13.2 Å². The maximum atomic E-state index is 12.3. The number of benzene rings is 2. The van der Waals surface area contributed by atoms with E-state index in [1.165, 1.54) is 0 Å². The molecule has 0 spiro atoms. The lowest BCUT2D eigenvalue weighted by atomic mass is 9.97. The first-order chi connectivity index (χ1) is 12.5. The molecule has 0 aromatic heterocycles. The lowest BCUT2D eigenvalue weighted by Crippen LogP contribution is -2.42. The molecular weight excluding hydrogens is 352 g/mol. The number of carbonyl (C=O) groups is 1. The molecule has 138 valence electrons. The van der Waals surface area contributed by atoms with Crippen LogP contribution in [0.5, 0.6) is 5.75 Å². The van der Waals surface area contributed by atoms with Gasteiger partial charge in [-0.05, 0) is 43.0 Å². The van der Waals surface area contributed by atoms with Gasteiger partial charge in [0.25, 0.3) is 0 Å². The molecule has 1 N–H and O–H groups in total. The van der Waals surface area contributed by atoms with Crippen LogP contribution in [-0.2, 0) is 10.0 Å². The topological polar surface area (TPSA) is 75.7 Å². The summed E-state index contributed by atoms with van der Waals surface area (Å²) in [4.78, 5) is 14.1. The van der Waals surface area contributed by atoms with E-state index in [-0.39, 0.29) is 16.9 Å². The van der Waals surface area contributed by atoms with Crippen LogP contribution in [-0.4, -0.2) is 39.0 Å². The lowest BCUT2D eigenvalue weighted by molar-refractivity contribution is 0.131. The molecule has 1 saturated heterocycles. The molecule has 1 fully saturated rings. The van der Waals surface area contributed by atoms with Crippen LogP contribution in [0.15, 0.2) is 65.6 Å². The van der Waals surface area contributed by atoms with Crippen LogP contribution >= 0.6 is 0 Å². The van der Waals surface area contributed by atoms with Crippen LogP contribution in [0.2, 0.25) is 0 Å². The van der Waals surface area contributed by atoms with Crippen LogP contribution in [0.4, 0.5) is 4.79 Å². The molecule has 1 amide bonds. The quantitative estimate of drug-likeness (QED) is 0.873. The molecule has 1 aliphatic heterocycles. The van der Waals surface area contributed by atoms with E-state index < -0.39 is 10.0 Å². The van der Waals surface area contributed by atoms with Gasteiger partial charge in [0.15, 0.2) is 0 Å². The highest BCUT2D eigenvalue weighted by Crippen LogP contribution is 2.19. The third-order valence-corrected chi connectivity index (χ3v) is 5.88. The molecule has 1 aliphatic rings. The minimum absolute atomic E-state index is 0.203. The standard InChI is InChI=1S/C19H22N2O4S/c22-19(25-17-7-3-1-4-8-17)21-13-11-16(12-14-21)15-20-26(23,24)18-9-5-2-6-10-18/h1-10,16,20H,11-15H2. The number of ether oxygens (including phenoxy) is 1. The van der Waals surface area contributed by atoms with E-state index in [4.69, 9.17) is 4.74 Å². The molecule has 2 aromatic rings. The number of rotatable bonds is 5. The summed E-state index contributed by atoms with van der Waals surface area (Å²) in [7, 11) is -3.49. The summed E-state index contributed by atoms with van der Waals surface area (Å²) in [6, 6.07) is 17.3. The van der Waals surface area contributed by atoms with Gasteiger partial charge < -0.3 is 9.64 Å². The monoisotopic (exact) mass is 374 g/mol. The Morgan fingerprint density at radius 3 is 2.19 bits per heavy atom. The molecule has 0 unspecified atom stereocenters. The first-order valence-corrected chi connectivity index (χ1v) is 10.1. The van der Waals surface area contributed by atoms with Crippen LogP contribution in [0, 0.1) is 5.92 Å². The maximum Gasteiger partial charge on any atom is 0.415 e. The largest absolute Gasteiger partial charge is 0.415 e. The van der Waals surface area contributed by atoms with E-state index in [1.54, 1.807) is 47.4 Å². The van der Waals surface area contributed by atoms with E-state index in [2.05, 4.69) is 4.72 Å². The first-order valence-electron chi connectivity index (χ1n) is 8.61. The summed E-state index contributed by atoms with van der Waals surface area (Å²) in [5.41, 5.74) is 0. The summed E-state index contributed by atoms with van der Waals surface area (Å²) in [6.07, 6.45) is 1.11. The van der Waals surface area contributed by atoms with Crippen LogP contribution < -0.4 is 9.46 Å². The second-order valence-electron chi connectivity index (χ2n) is 6.28. The van der Waals surface area contributed by atoms with Gasteiger partial charge in [-0.3, -0.25) is 0 Å². The number of carbonyl (C=O) groups excluding carboxylic acids is 1. The van der Waals surface area contributed by atoms with Crippen LogP contribution in [0.1, 0.15) is 12.8 Å². The van der Waals surface area contributed by atoms with Gasteiger partial charge in [-0.2, -0.15) is 0 Å². The van der Waals surface area contributed by atoms with E-state index in [1.807, 2.05) is 18.2 Å². The fraction of sp³-hybridized carbons (Fsp3) is 0.316. The van der Waals surface area contributed by atoms with Crippen molar-refractivity contribution in [3.8, 4) is 5.75 Å². The molecule has 0 aliphatic carbocycles. The van der Waals surface area contributed by atoms with Crippen LogP contribution in [0.25, 0.3) is 0 Å². The third kappa shape index (κ3) is 4.83. The molecule has 7 heteroatoms. The molecule has 6 nitrogen and oxygen atoms in total. The van der Waals surface area contributed by atoms with E-state index in [0.717, 1.165) is 12.8 Å². The molecule has 0 radical (unpaired) electrons. The van der Waals surface area contributed by atoms with Gasteiger partial charge in [0.1, 0.15) is 5.75 Å². The average Bonchev–Trinajstić information content (AvgIpc) is 2.68. The highest BCUT2D eigenvalue weighted by molar-refractivity contribution is 7.89. The van der Waals surface area contributed by atoms with Crippen molar-refractivity contribution in [2.45, 2.75) is 17.7 Å². The van der Waals surface area contributed by atoms with Gasteiger partial charge in [-0.15, -0.1) is 0 Å². The van der Waals surface area contributed by atoms with Crippen molar-refractivity contribution >= 4 is 16.1 Å². The fourth-order valence-electron chi connectivity index (χ4n) is 2.88. The normalized spacial score (nSPS) is 15.6. The summed E-state index contributed by atoms with van der Waals surface area (Å²) >= 11 is 0. The number of hydrogen-bond donors (Lipinski definition) is 1. The Hall–Kier alpha value is -2.38. The predicted octanol–water partition coefficient (Wildman–Crippen LogP) is 2.88. The van der Waals surface area contributed by atoms with Gasteiger partial charge in [0, 0.05) is 19.6 Å². The summed E-state index contributed by atoms with van der Waals surface area (Å²) in [6.45, 7) is 1.49. The number of hydrogen-bond acceptors (Lipinski definition) is 4. The van der Waals surface area contributed by atoms with E-state index in [0.29, 0.717) is 25.4 Å². The van der Waals surface area contributed by atoms with Gasteiger partial charge in [-0.1, -0.05) is 36.4 Å². The van der Waals surface area contributed by atoms with Crippen molar-refractivity contribution in [3.63, 3.8) is 0 Å². The van der Waals surface area contributed by atoms with Crippen molar-refractivity contribution in [2.24, 2.45) is 5.92 Å². The van der Waals surface area contributed by atoms with Crippen molar-refractivity contribution < 1.29 is 17.9 Å². The molecule has 0 atom stereocenters. The SMILES string of the molecule is O=C(Oc1ccccc1)N1CCC(CNS(=O)(=O)c2ccccc2)CC1. The Kier molecular flexibility index (Phi) is 5.90. The zero-order valence-corrected chi connectivity index (χ0v) is 15.2. The smallest absolute Gasteiger partial charge is 0.410 e. The first kappa shape index (κ1) is 18.4. The number of likely N-dealkylation sites (tertiary alicyclic amines) is 1. The number of para-hydroxylation sites is 1. The number of sulfonamides is 1. The van der Waals surface area contributed by atoms with Gasteiger partial charge in [0.05, 0.1) is 4.90 Å². The van der Waals surface area contributed by atoms with Gasteiger partial charge in [0.2, 0.25) is 10.0 Å². The Bertz CT molecular complexity index is 817. The second kappa shape index (κ2) is 8.33. The molecule has 26 heavy (non-hydrogen) atoms. The number of amides is 1.